The number of aromatic hydroxyl groups is 1. The number of phenolic OH excluding ortho intramolecular Hbond substituents is 1. The monoisotopic (exact) mass is 1170 g/mol. The van der Waals surface area contributed by atoms with Crippen LogP contribution in [0.15, 0.2) is 60.2 Å². The van der Waals surface area contributed by atoms with Crippen molar-refractivity contribution in [1.82, 2.24) is 5.32 Å². The first-order valence-corrected chi connectivity index (χ1v) is 32.8. The largest absolute Gasteiger partial charge is 0.507 e. The number of carbonyl (C=O) groups is 3. The van der Waals surface area contributed by atoms with E-state index in [9.17, 15) is 40.2 Å². The molecule has 16 bridgehead atoms. The van der Waals surface area contributed by atoms with Gasteiger partial charge in [0.2, 0.25) is 0 Å². The number of anilines is 1. The zero-order valence-electron chi connectivity index (χ0n) is 50.1. The molecule has 0 amide bonds. The molecular weight excluding hydrogens is 1080 g/mol. The molecule has 0 aromatic heterocycles. The third-order valence-electron chi connectivity index (χ3n) is 22.5. The lowest BCUT2D eigenvalue weighted by atomic mass is 9.48. The van der Waals surface area contributed by atoms with Gasteiger partial charge in [0.15, 0.2) is 0 Å². The van der Waals surface area contributed by atoms with Crippen LogP contribution in [0, 0.1) is 71.0 Å². The fourth-order valence-corrected chi connectivity index (χ4v) is 18.1. The minimum Gasteiger partial charge on any atom is -0.507 e. The van der Waals surface area contributed by atoms with Gasteiger partial charge >= 0.3 is 11.9 Å². The average molecular weight is 1170 g/mol. The maximum absolute atomic E-state index is 16.1. The number of carbonyl (C=O) groups excluding carboxylic acids is 3. The van der Waals surface area contributed by atoms with Gasteiger partial charge in [-0.25, -0.2) is 4.79 Å². The van der Waals surface area contributed by atoms with E-state index in [4.69, 9.17) is 14.2 Å². The molecule has 18 atom stereocenters. The predicted octanol–water partition coefficient (Wildman–Crippen LogP) is 9.09. The summed E-state index contributed by atoms with van der Waals surface area (Å²) >= 11 is 0. The molecule has 1 saturated heterocycles. The Morgan fingerprint density at radius 3 is 2.33 bits per heavy atom. The van der Waals surface area contributed by atoms with Crippen LogP contribution < -0.4 is 15.4 Å². The van der Waals surface area contributed by atoms with Crippen molar-refractivity contribution in [3.8, 4) is 35.2 Å². The number of aliphatic hydroxyl groups excluding tert-OH is 3. The summed E-state index contributed by atoms with van der Waals surface area (Å²) in [7, 11) is 1.83. The summed E-state index contributed by atoms with van der Waals surface area (Å²) in [6, 6.07) is 15.5. The highest BCUT2D eigenvalue weighted by molar-refractivity contribution is 5.89. The second kappa shape index (κ2) is 24.4. The van der Waals surface area contributed by atoms with E-state index in [1.54, 1.807) is 13.0 Å². The van der Waals surface area contributed by atoms with Crippen LogP contribution in [0.2, 0.25) is 0 Å². The van der Waals surface area contributed by atoms with Crippen LogP contribution in [0.3, 0.4) is 0 Å². The zero-order chi connectivity index (χ0) is 59.6. The molecule has 14 nitrogen and oxygen atoms in total. The maximum atomic E-state index is 16.1. The highest BCUT2D eigenvalue weighted by Gasteiger charge is 2.62. The van der Waals surface area contributed by atoms with Crippen molar-refractivity contribution in [1.29, 1.82) is 0 Å². The highest BCUT2D eigenvalue weighted by Crippen LogP contribution is 2.59. The molecule has 5 saturated carbocycles. The van der Waals surface area contributed by atoms with Gasteiger partial charge in [0.25, 0.3) is 0 Å². The van der Waals surface area contributed by atoms with Gasteiger partial charge in [-0.2, -0.15) is 0 Å². The van der Waals surface area contributed by atoms with Gasteiger partial charge in [-0.1, -0.05) is 92.5 Å². The predicted molar refractivity (Wildman–Crippen MR) is 324 cm³/mol. The standard InChI is InChI=1S/C72H88N2O12/c1-71(82)39-74-53-31-49(30-50(32-53)66(78)48(38-73-2)17-15-40-16-23-61-47(26-40)20-24-62(84-61)69(71)80)44-18-19-45-37-64(77)86-68-55(45)35-51(67(79)65(68)43-11-4-3-5-12-43)36-63-72(83)58-14-7-6-13-46(58)34-56-57(60(76)22-21-59(56)72)28-42-10-8-9-41(25-42)27-54(75)33-52(29-44)70(81)85-63/h8-10,25,30-33,35,40,43-48,54,56-59,61-63,66,69,73-75,78-80,82-83H,3-7,11-14,16,20-24,26-29,34,36-39H2,1-2H3. The van der Waals surface area contributed by atoms with Gasteiger partial charge in [-0.15, -0.1) is 0 Å². The fraction of sp³-hybridized carbons (Fsp3) is 0.625. The molecule has 8 N–H and O–H groups in total. The first-order valence-electron chi connectivity index (χ1n) is 32.8. The molecule has 0 spiro atoms. The number of ether oxygens (including phenoxy) is 3. The van der Waals surface area contributed by atoms with E-state index in [1.165, 1.54) is 0 Å². The molecule has 15 rings (SSSR count). The van der Waals surface area contributed by atoms with Crippen LogP contribution in [-0.2, 0) is 43.1 Å². The van der Waals surface area contributed by atoms with Crippen molar-refractivity contribution in [2.24, 2.45) is 47.3 Å². The van der Waals surface area contributed by atoms with Crippen molar-refractivity contribution in [3.05, 3.63) is 99.1 Å². The average Bonchev–Trinajstić information content (AvgIpc) is 0.885. The van der Waals surface area contributed by atoms with Gasteiger partial charge < -0.3 is 55.5 Å². The van der Waals surface area contributed by atoms with Crippen molar-refractivity contribution < 1.29 is 59.2 Å². The maximum Gasteiger partial charge on any atom is 0.334 e. The lowest BCUT2D eigenvalue weighted by Crippen LogP contribution is -2.65. The summed E-state index contributed by atoms with van der Waals surface area (Å²) in [5.41, 5.74) is 1.87. The summed E-state index contributed by atoms with van der Waals surface area (Å²) in [5, 5.41) is 83.2. The van der Waals surface area contributed by atoms with Crippen molar-refractivity contribution in [3.63, 3.8) is 0 Å². The minimum absolute atomic E-state index is 0.0293. The summed E-state index contributed by atoms with van der Waals surface area (Å²) in [6.45, 7) is 1.89. The molecule has 12 aliphatic rings. The zero-order valence-corrected chi connectivity index (χ0v) is 50.1. The van der Waals surface area contributed by atoms with Crippen LogP contribution in [0.1, 0.15) is 192 Å². The Kier molecular flexibility index (Phi) is 16.9. The van der Waals surface area contributed by atoms with Crippen LogP contribution in [-0.4, -0.2) is 110 Å². The molecule has 7 heterocycles. The van der Waals surface area contributed by atoms with Crippen LogP contribution in [0.5, 0.6) is 11.5 Å². The Morgan fingerprint density at radius 2 is 1.50 bits per heavy atom. The summed E-state index contributed by atoms with van der Waals surface area (Å²) in [5.74, 6) is 10.3. The van der Waals surface area contributed by atoms with Crippen molar-refractivity contribution in [2.75, 3.05) is 25.5 Å². The van der Waals surface area contributed by atoms with Crippen molar-refractivity contribution >= 4 is 23.4 Å². The topological polar surface area (TPSA) is 224 Å². The number of nitrogens with one attached hydrogen (secondary N) is 2. The Balaban J connectivity index is 1.00. The number of Topliss-reactive ketones (excluding diaryl/α,β-unsaturated/α-hetero) is 1. The Morgan fingerprint density at radius 1 is 0.733 bits per heavy atom. The van der Waals surface area contributed by atoms with E-state index >= 15 is 4.79 Å². The summed E-state index contributed by atoms with van der Waals surface area (Å²) in [6.07, 6.45) is 9.82. The number of aliphatic hydroxyl groups is 5. The quantitative estimate of drug-likeness (QED) is 0.0694. The second-order valence-electron chi connectivity index (χ2n) is 28.1. The molecule has 0 radical (unpaired) electrons. The van der Waals surface area contributed by atoms with E-state index in [2.05, 4.69) is 40.4 Å². The minimum atomic E-state index is -1.66. The Bertz CT molecular complexity index is 3250. The van der Waals surface area contributed by atoms with E-state index < -0.39 is 77.3 Å². The van der Waals surface area contributed by atoms with Crippen LogP contribution >= 0.6 is 0 Å². The summed E-state index contributed by atoms with van der Waals surface area (Å²) < 4.78 is 20.0. The highest BCUT2D eigenvalue weighted by atomic mass is 16.6. The number of ketones is 1. The molecular formula is C72H88N2O12. The normalized spacial score (nSPS) is 38.1. The Hall–Kier alpha value is -5.55. The third-order valence-corrected chi connectivity index (χ3v) is 22.5. The van der Waals surface area contributed by atoms with Gasteiger partial charge in [0.1, 0.15) is 40.7 Å². The first kappa shape index (κ1) is 59.4. The number of hydrogen-bond donors (Lipinski definition) is 8. The molecule has 458 valence electrons. The van der Waals surface area contributed by atoms with Crippen molar-refractivity contribution in [2.45, 2.75) is 214 Å². The van der Waals surface area contributed by atoms with E-state index in [0.717, 1.165) is 94.6 Å². The van der Waals surface area contributed by atoms with E-state index in [1.807, 2.05) is 49.5 Å². The molecule has 14 heteroatoms. The van der Waals surface area contributed by atoms with Gasteiger partial charge in [-0.05, 0) is 179 Å². The first-order chi connectivity index (χ1) is 41.5. The third kappa shape index (κ3) is 11.6. The Labute approximate surface area is 506 Å². The molecule has 5 aliphatic carbocycles. The number of phenols is 1. The lowest BCUT2D eigenvalue weighted by molar-refractivity contribution is -0.228. The molecule has 18 unspecified atom stereocenters. The van der Waals surface area contributed by atoms with Gasteiger partial charge in [0, 0.05) is 72.5 Å². The molecule has 3 aromatic rings. The van der Waals surface area contributed by atoms with E-state index in [-0.39, 0.29) is 103 Å². The van der Waals surface area contributed by atoms with Gasteiger partial charge in [0.05, 0.1) is 42.7 Å². The molecule has 86 heavy (non-hydrogen) atoms. The fourth-order valence-electron chi connectivity index (χ4n) is 18.1. The number of hydrogen-bond acceptors (Lipinski definition) is 14. The molecule has 6 fully saturated rings. The molecule has 7 aliphatic heterocycles. The lowest BCUT2D eigenvalue weighted by Gasteiger charge is -2.59. The SMILES string of the molecule is CNCC1C#CC2CCC3OC(CCC3C2)C(O)C(C)(O)CNc2cc(C3C#CC4CC(=O)Oc5c4cc(c(O)c5C4CCCCC4)CC4OC(=O)C(=CC(O)Cc5cccc(c5)CC5C(=O)CCC6C5CC5CCCCC5C46O)C3)cc(c2)C1O. The number of fused-ring (bicyclic) bond motifs is 11. The second-order valence-corrected chi connectivity index (χ2v) is 28.1. The number of rotatable bonds is 4. The summed E-state index contributed by atoms with van der Waals surface area (Å²) in [4.78, 5) is 44.6. The number of esters is 2. The smallest absolute Gasteiger partial charge is 0.334 e. The molecule has 3 aromatic carbocycles. The number of benzene rings is 3. The van der Waals surface area contributed by atoms with E-state index in [0.29, 0.717) is 71.5 Å². The van der Waals surface area contributed by atoms with Gasteiger partial charge in [-0.3, -0.25) is 9.59 Å². The van der Waals surface area contributed by atoms with Crippen LogP contribution in [0.25, 0.3) is 0 Å². The van der Waals surface area contributed by atoms with Crippen LogP contribution in [0.4, 0.5) is 5.69 Å².